The quantitative estimate of drug-likeness (QED) is 0.918. The van der Waals surface area contributed by atoms with Crippen molar-refractivity contribution in [3.63, 3.8) is 0 Å². The third-order valence-electron chi connectivity index (χ3n) is 2.97. The fourth-order valence-electron chi connectivity index (χ4n) is 2.04. The van der Waals surface area contributed by atoms with Crippen LogP contribution in [0, 0.1) is 6.92 Å². The molecule has 0 bridgehead atoms. The number of nitrogens with zero attached hydrogens (tertiary/aromatic N) is 2. The van der Waals surface area contributed by atoms with Crippen LogP contribution in [0.2, 0.25) is 5.02 Å². The molecule has 3 nitrogen and oxygen atoms in total. The topological polar surface area (TPSA) is 29.9 Å². The Hall–Kier alpha value is -1.32. The van der Waals surface area contributed by atoms with Crippen molar-refractivity contribution in [2.45, 2.75) is 26.9 Å². The van der Waals surface area contributed by atoms with Gasteiger partial charge in [-0.2, -0.15) is 5.10 Å². The highest BCUT2D eigenvalue weighted by Crippen LogP contribution is 2.30. The molecule has 1 heterocycles. The van der Waals surface area contributed by atoms with E-state index in [0.29, 0.717) is 0 Å². The Kier molecular flexibility index (Phi) is 4.04. The minimum Gasteiger partial charge on any atom is -0.316 e. The maximum Gasteiger partial charge on any atom is 0.0672 e. The second-order valence-electron chi connectivity index (χ2n) is 4.33. The molecule has 0 unspecified atom stereocenters. The zero-order chi connectivity index (χ0) is 13.1. The highest BCUT2D eigenvalue weighted by Gasteiger charge is 2.10. The van der Waals surface area contributed by atoms with E-state index < -0.39 is 0 Å². The molecular formula is C14H18ClN3. The molecule has 2 aromatic rings. The Morgan fingerprint density at radius 3 is 2.67 bits per heavy atom. The van der Waals surface area contributed by atoms with Gasteiger partial charge in [0, 0.05) is 35.4 Å². The lowest BCUT2D eigenvalue weighted by atomic mass is 10.0. The van der Waals surface area contributed by atoms with Gasteiger partial charge in [0.05, 0.1) is 5.69 Å². The second-order valence-corrected chi connectivity index (χ2v) is 4.74. The van der Waals surface area contributed by atoms with Crippen molar-refractivity contribution in [1.29, 1.82) is 0 Å². The number of aryl methyl sites for hydroxylation is 2. The molecule has 1 aromatic heterocycles. The lowest BCUT2D eigenvalue weighted by Gasteiger charge is -2.06. The number of rotatable bonds is 4. The van der Waals surface area contributed by atoms with Crippen LogP contribution in [0.1, 0.15) is 18.2 Å². The summed E-state index contributed by atoms with van der Waals surface area (Å²) >= 11 is 6.36. The first-order valence-corrected chi connectivity index (χ1v) is 6.51. The molecule has 1 N–H and O–H groups in total. The first kappa shape index (κ1) is 13.1. The molecule has 18 heavy (non-hydrogen) atoms. The molecule has 1 aromatic carbocycles. The van der Waals surface area contributed by atoms with E-state index in [-0.39, 0.29) is 0 Å². The molecule has 0 aliphatic rings. The van der Waals surface area contributed by atoms with Crippen molar-refractivity contribution in [3.05, 3.63) is 40.7 Å². The predicted octanol–water partition coefficient (Wildman–Crippen LogP) is 3.25. The first-order valence-electron chi connectivity index (χ1n) is 6.13. The van der Waals surface area contributed by atoms with E-state index in [0.717, 1.165) is 34.9 Å². The Morgan fingerprint density at radius 2 is 2.11 bits per heavy atom. The zero-order valence-corrected chi connectivity index (χ0v) is 11.8. The third-order valence-corrected chi connectivity index (χ3v) is 3.29. The third kappa shape index (κ3) is 2.57. The number of benzene rings is 1. The van der Waals surface area contributed by atoms with Crippen molar-refractivity contribution < 1.29 is 0 Å². The van der Waals surface area contributed by atoms with Crippen LogP contribution in [0.3, 0.4) is 0 Å². The van der Waals surface area contributed by atoms with Gasteiger partial charge in [-0.15, -0.1) is 0 Å². The maximum absolute atomic E-state index is 6.36. The summed E-state index contributed by atoms with van der Waals surface area (Å²) in [4.78, 5) is 0. The summed E-state index contributed by atoms with van der Waals surface area (Å²) in [5.41, 5.74) is 4.36. The van der Waals surface area contributed by atoms with Crippen LogP contribution in [-0.2, 0) is 13.1 Å². The van der Waals surface area contributed by atoms with Crippen LogP contribution in [0.25, 0.3) is 11.1 Å². The van der Waals surface area contributed by atoms with Crippen molar-refractivity contribution >= 4 is 11.6 Å². The van der Waals surface area contributed by atoms with E-state index in [1.165, 1.54) is 5.56 Å². The van der Waals surface area contributed by atoms with Gasteiger partial charge in [0.2, 0.25) is 0 Å². The van der Waals surface area contributed by atoms with E-state index in [1.54, 1.807) is 0 Å². The summed E-state index contributed by atoms with van der Waals surface area (Å²) in [6, 6.07) is 6.18. The lowest BCUT2D eigenvalue weighted by molar-refractivity contribution is 0.653. The van der Waals surface area contributed by atoms with Gasteiger partial charge in [0.25, 0.3) is 0 Å². The predicted molar refractivity (Wildman–Crippen MR) is 75.8 cm³/mol. The molecule has 4 heteroatoms. The number of nitrogens with one attached hydrogen (secondary N) is 1. The Balaban J connectivity index is 2.41. The fourth-order valence-corrected chi connectivity index (χ4v) is 2.34. The summed E-state index contributed by atoms with van der Waals surface area (Å²) < 4.78 is 1.93. The molecule has 0 fully saturated rings. The smallest absolute Gasteiger partial charge is 0.0672 e. The highest BCUT2D eigenvalue weighted by molar-refractivity contribution is 6.33. The van der Waals surface area contributed by atoms with Crippen LogP contribution in [-0.4, -0.2) is 16.8 Å². The lowest BCUT2D eigenvalue weighted by Crippen LogP contribution is -2.04. The summed E-state index contributed by atoms with van der Waals surface area (Å²) in [6.45, 7) is 5.79. The molecule has 2 rings (SSSR count). The van der Waals surface area contributed by atoms with Crippen LogP contribution < -0.4 is 5.32 Å². The summed E-state index contributed by atoms with van der Waals surface area (Å²) in [5, 5.41) is 8.35. The first-order chi connectivity index (χ1) is 8.65. The highest BCUT2D eigenvalue weighted by atomic mass is 35.5. The maximum atomic E-state index is 6.36. The normalized spacial score (nSPS) is 10.9. The minimum absolute atomic E-state index is 0.779. The summed E-state index contributed by atoms with van der Waals surface area (Å²) in [5.74, 6) is 0. The van der Waals surface area contributed by atoms with Crippen LogP contribution in [0.5, 0.6) is 0 Å². The van der Waals surface area contributed by atoms with Gasteiger partial charge in [-0.05, 0) is 32.5 Å². The van der Waals surface area contributed by atoms with E-state index in [1.807, 2.05) is 30.9 Å². The minimum atomic E-state index is 0.779. The number of halogens is 1. The molecule has 0 atom stereocenters. The summed E-state index contributed by atoms with van der Waals surface area (Å²) in [7, 11) is 1.93. The SMILES string of the molecule is CCn1cc(-c2ccc(CNC)cc2Cl)c(C)n1. The van der Waals surface area contributed by atoms with Gasteiger partial charge in [-0.25, -0.2) is 0 Å². The van der Waals surface area contributed by atoms with E-state index in [2.05, 4.69) is 29.5 Å². The molecule has 0 saturated carbocycles. The second kappa shape index (κ2) is 5.55. The van der Waals surface area contributed by atoms with Gasteiger partial charge < -0.3 is 5.32 Å². The monoisotopic (exact) mass is 263 g/mol. The van der Waals surface area contributed by atoms with Crippen LogP contribution in [0.15, 0.2) is 24.4 Å². The average Bonchev–Trinajstić information content (AvgIpc) is 2.71. The Morgan fingerprint density at radius 1 is 1.33 bits per heavy atom. The standard InChI is InChI=1S/C14H18ClN3/c1-4-18-9-13(10(2)17-18)12-6-5-11(8-16-3)7-14(12)15/h5-7,9,16H,4,8H2,1-3H3. The number of hydrogen-bond acceptors (Lipinski definition) is 2. The molecule has 96 valence electrons. The Bertz CT molecular complexity index is 546. The van der Waals surface area contributed by atoms with Crippen LogP contribution in [0.4, 0.5) is 0 Å². The van der Waals surface area contributed by atoms with Gasteiger partial charge in [0.1, 0.15) is 0 Å². The molecule has 0 aliphatic carbocycles. The van der Waals surface area contributed by atoms with Gasteiger partial charge in [0.15, 0.2) is 0 Å². The molecule has 0 spiro atoms. The molecular weight excluding hydrogens is 246 g/mol. The fraction of sp³-hybridized carbons (Fsp3) is 0.357. The van der Waals surface area contributed by atoms with Gasteiger partial charge in [-0.3, -0.25) is 4.68 Å². The zero-order valence-electron chi connectivity index (χ0n) is 11.0. The van der Waals surface area contributed by atoms with E-state index >= 15 is 0 Å². The van der Waals surface area contributed by atoms with Gasteiger partial charge in [-0.1, -0.05) is 23.7 Å². The van der Waals surface area contributed by atoms with E-state index in [9.17, 15) is 0 Å². The van der Waals surface area contributed by atoms with E-state index in [4.69, 9.17) is 11.6 Å². The van der Waals surface area contributed by atoms with Crippen molar-refractivity contribution in [2.75, 3.05) is 7.05 Å². The molecule has 0 radical (unpaired) electrons. The molecule has 0 amide bonds. The molecule has 0 saturated heterocycles. The van der Waals surface area contributed by atoms with Crippen molar-refractivity contribution in [2.24, 2.45) is 0 Å². The number of aromatic nitrogens is 2. The van der Waals surface area contributed by atoms with Crippen molar-refractivity contribution in [1.82, 2.24) is 15.1 Å². The van der Waals surface area contributed by atoms with Crippen LogP contribution >= 0.6 is 11.6 Å². The Labute approximate surface area is 113 Å². The van der Waals surface area contributed by atoms with Gasteiger partial charge >= 0.3 is 0 Å². The summed E-state index contributed by atoms with van der Waals surface area (Å²) in [6.07, 6.45) is 2.05. The number of hydrogen-bond donors (Lipinski definition) is 1. The average molecular weight is 264 g/mol. The molecule has 0 aliphatic heterocycles. The van der Waals surface area contributed by atoms with Crippen molar-refractivity contribution in [3.8, 4) is 11.1 Å². The largest absolute Gasteiger partial charge is 0.316 e.